The molecule has 4 heteroatoms. The van der Waals surface area contributed by atoms with Crippen molar-refractivity contribution in [1.82, 2.24) is 0 Å². The van der Waals surface area contributed by atoms with Crippen LogP contribution in [0.15, 0.2) is 15.9 Å². The molecule has 0 unspecified atom stereocenters. The highest BCUT2D eigenvalue weighted by atomic mass is 79.9. The molecule has 0 aliphatic carbocycles. The van der Waals surface area contributed by atoms with Crippen LogP contribution in [-0.4, -0.2) is 6.61 Å². The van der Waals surface area contributed by atoms with Crippen LogP contribution in [0.5, 0.6) is 0 Å². The maximum atomic E-state index is 4.91. The second kappa shape index (κ2) is 5.70. The van der Waals surface area contributed by atoms with Crippen molar-refractivity contribution in [2.45, 2.75) is 19.3 Å². The number of hydrogen-bond donors (Lipinski definition) is 1. The SMILES string of the molecule is NOCCCCc1cc(Br)cs1. The lowest BCUT2D eigenvalue weighted by atomic mass is 10.2. The van der Waals surface area contributed by atoms with E-state index in [1.807, 2.05) is 0 Å². The highest BCUT2D eigenvalue weighted by Crippen LogP contribution is 2.21. The van der Waals surface area contributed by atoms with Crippen LogP contribution >= 0.6 is 27.3 Å². The third-order valence-corrected chi connectivity index (χ3v) is 3.31. The van der Waals surface area contributed by atoms with Crippen LogP contribution in [0, 0.1) is 0 Å². The van der Waals surface area contributed by atoms with Gasteiger partial charge in [-0.1, -0.05) is 0 Å². The molecule has 0 radical (unpaired) electrons. The number of thiophene rings is 1. The van der Waals surface area contributed by atoms with Gasteiger partial charge in [0.25, 0.3) is 0 Å². The summed E-state index contributed by atoms with van der Waals surface area (Å²) >= 11 is 5.21. The maximum Gasteiger partial charge on any atom is 0.0679 e. The summed E-state index contributed by atoms with van der Waals surface area (Å²) in [6.07, 6.45) is 3.30. The lowest BCUT2D eigenvalue weighted by Crippen LogP contribution is -2.00. The summed E-state index contributed by atoms with van der Waals surface area (Å²) in [5.74, 6) is 4.91. The fraction of sp³-hybridized carbons (Fsp3) is 0.500. The van der Waals surface area contributed by atoms with Gasteiger partial charge in [0.05, 0.1) is 6.61 Å². The van der Waals surface area contributed by atoms with Crippen molar-refractivity contribution in [2.75, 3.05) is 6.61 Å². The molecule has 12 heavy (non-hydrogen) atoms. The number of rotatable bonds is 5. The Morgan fingerprint density at radius 1 is 1.50 bits per heavy atom. The summed E-state index contributed by atoms with van der Waals surface area (Å²) in [6.45, 7) is 0.659. The van der Waals surface area contributed by atoms with Crippen LogP contribution < -0.4 is 5.90 Å². The minimum Gasteiger partial charge on any atom is -0.305 e. The van der Waals surface area contributed by atoms with Crippen LogP contribution in [0.25, 0.3) is 0 Å². The average Bonchev–Trinajstić information content (AvgIpc) is 2.45. The van der Waals surface area contributed by atoms with E-state index in [1.165, 1.54) is 9.35 Å². The molecule has 0 amide bonds. The van der Waals surface area contributed by atoms with Gasteiger partial charge in [0.1, 0.15) is 0 Å². The summed E-state index contributed by atoms with van der Waals surface area (Å²) in [7, 11) is 0. The standard InChI is InChI=1S/C8H12BrNOS/c9-7-5-8(12-6-7)3-1-2-4-11-10/h5-6H,1-4,10H2. The van der Waals surface area contributed by atoms with Crippen molar-refractivity contribution in [3.05, 3.63) is 20.8 Å². The molecule has 0 atom stereocenters. The number of halogens is 1. The van der Waals surface area contributed by atoms with Gasteiger partial charge in [-0.15, -0.1) is 11.3 Å². The quantitative estimate of drug-likeness (QED) is 0.644. The van der Waals surface area contributed by atoms with E-state index < -0.39 is 0 Å². The lowest BCUT2D eigenvalue weighted by Gasteiger charge is -1.96. The molecule has 0 aliphatic rings. The van der Waals surface area contributed by atoms with E-state index >= 15 is 0 Å². The van der Waals surface area contributed by atoms with Gasteiger partial charge >= 0.3 is 0 Å². The second-order valence-electron chi connectivity index (χ2n) is 2.56. The molecular formula is C8H12BrNOS. The molecule has 1 rings (SSSR count). The predicted octanol–water partition coefficient (Wildman–Crippen LogP) is 2.72. The third kappa shape index (κ3) is 3.67. The highest BCUT2D eigenvalue weighted by Gasteiger charge is 1.96. The molecule has 1 aromatic heterocycles. The fourth-order valence-electron chi connectivity index (χ4n) is 0.970. The Hall–Kier alpha value is 0.1000. The molecule has 2 N–H and O–H groups in total. The van der Waals surface area contributed by atoms with Crippen molar-refractivity contribution >= 4 is 27.3 Å². The van der Waals surface area contributed by atoms with Crippen molar-refractivity contribution in [3.8, 4) is 0 Å². The largest absolute Gasteiger partial charge is 0.305 e. The Bertz CT molecular complexity index is 227. The Morgan fingerprint density at radius 2 is 2.33 bits per heavy atom. The summed E-state index contributed by atoms with van der Waals surface area (Å²) in [5.41, 5.74) is 0. The van der Waals surface area contributed by atoms with Crippen molar-refractivity contribution < 1.29 is 4.84 Å². The third-order valence-electron chi connectivity index (χ3n) is 1.56. The van der Waals surface area contributed by atoms with E-state index in [9.17, 15) is 0 Å². The normalized spacial score (nSPS) is 10.5. The average molecular weight is 250 g/mol. The highest BCUT2D eigenvalue weighted by molar-refractivity contribution is 9.10. The number of unbranched alkanes of at least 4 members (excludes halogenated alkanes) is 1. The first-order chi connectivity index (χ1) is 5.83. The molecule has 0 bridgehead atoms. The summed E-state index contributed by atoms with van der Waals surface area (Å²) in [5, 5.41) is 2.11. The van der Waals surface area contributed by atoms with Crippen molar-refractivity contribution in [3.63, 3.8) is 0 Å². The van der Waals surface area contributed by atoms with Gasteiger partial charge in [-0.25, -0.2) is 5.90 Å². The monoisotopic (exact) mass is 249 g/mol. The van der Waals surface area contributed by atoms with Gasteiger partial charge in [0.15, 0.2) is 0 Å². The van der Waals surface area contributed by atoms with Gasteiger partial charge in [0, 0.05) is 14.7 Å². The fourth-order valence-corrected chi connectivity index (χ4v) is 2.47. The molecule has 2 nitrogen and oxygen atoms in total. The smallest absolute Gasteiger partial charge is 0.0679 e. The zero-order valence-corrected chi connectivity index (χ0v) is 9.16. The molecule has 0 saturated heterocycles. The Kier molecular flexibility index (Phi) is 4.83. The van der Waals surface area contributed by atoms with Crippen molar-refractivity contribution in [2.24, 2.45) is 5.90 Å². The van der Waals surface area contributed by atoms with Gasteiger partial charge < -0.3 is 4.84 Å². The minimum absolute atomic E-state index is 0.659. The zero-order valence-electron chi connectivity index (χ0n) is 6.75. The number of nitrogens with two attached hydrogens (primary N) is 1. The Labute approximate surface area is 84.8 Å². The van der Waals surface area contributed by atoms with E-state index in [0.29, 0.717) is 6.61 Å². The Morgan fingerprint density at radius 3 is 2.92 bits per heavy atom. The van der Waals surface area contributed by atoms with Gasteiger partial charge in [-0.2, -0.15) is 0 Å². The van der Waals surface area contributed by atoms with Crippen LogP contribution in [0.2, 0.25) is 0 Å². The molecule has 1 heterocycles. The van der Waals surface area contributed by atoms with E-state index in [2.05, 4.69) is 32.2 Å². The first-order valence-electron chi connectivity index (χ1n) is 3.87. The van der Waals surface area contributed by atoms with E-state index in [0.717, 1.165) is 19.3 Å². The summed E-state index contributed by atoms with van der Waals surface area (Å²) in [4.78, 5) is 5.89. The molecule has 0 saturated carbocycles. The van der Waals surface area contributed by atoms with Gasteiger partial charge in [-0.3, -0.25) is 0 Å². The first-order valence-corrected chi connectivity index (χ1v) is 5.55. The topological polar surface area (TPSA) is 35.2 Å². The molecule has 0 fully saturated rings. The summed E-state index contributed by atoms with van der Waals surface area (Å²) < 4.78 is 1.18. The molecular weight excluding hydrogens is 238 g/mol. The van der Waals surface area contributed by atoms with Gasteiger partial charge in [0.2, 0.25) is 0 Å². The molecule has 0 aromatic carbocycles. The predicted molar refractivity (Wildman–Crippen MR) is 55.1 cm³/mol. The second-order valence-corrected chi connectivity index (χ2v) is 4.47. The lowest BCUT2D eigenvalue weighted by molar-refractivity contribution is 0.134. The minimum atomic E-state index is 0.659. The van der Waals surface area contributed by atoms with E-state index in [1.54, 1.807) is 11.3 Å². The Balaban J connectivity index is 2.15. The first kappa shape index (κ1) is 10.2. The van der Waals surface area contributed by atoms with E-state index in [4.69, 9.17) is 5.90 Å². The summed E-state index contributed by atoms with van der Waals surface area (Å²) in [6, 6.07) is 2.16. The zero-order chi connectivity index (χ0) is 8.81. The maximum absolute atomic E-state index is 4.91. The molecule has 0 aliphatic heterocycles. The van der Waals surface area contributed by atoms with Crippen LogP contribution in [-0.2, 0) is 11.3 Å². The number of aryl methyl sites for hydroxylation is 1. The molecule has 1 aromatic rings. The number of hydrogen-bond acceptors (Lipinski definition) is 3. The van der Waals surface area contributed by atoms with Crippen LogP contribution in [0.3, 0.4) is 0 Å². The van der Waals surface area contributed by atoms with Crippen LogP contribution in [0.1, 0.15) is 17.7 Å². The molecule has 68 valence electrons. The van der Waals surface area contributed by atoms with Crippen molar-refractivity contribution in [1.29, 1.82) is 0 Å². The van der Waals surface area contributed by atoms with Crippen LogP contribution in [0.4, 0.5) is 0 Å². The molecule has 0 spiro atoms. The van der Waals surface area contributed by atoms with Gasteiger partial charge in [-0.05, 0) is 41.3 Å². The van der Waals surface area contributed by atoms with E-state index in [-0.39, 0.29) is 0 Å².